The molecule has 38 heavy (non-hydrogen) atoms. The maximum atomic E-state index is 13.6. The van der Waals surface area contributed by atoms with Crippen LogP contribution in [-0.2, 0) is 4.79 Å². The maximum absolute atomic E-state index is 13.6. The van der Waals surface area contributed by atoms with Gasteiger partial charge in [0.1, 0.15) is 11.5 Å². The molecule has 1 heterocycles. The fraction of sp³-hybridized carbons (Fsp3) is 0.250. The van der Waals surface area contributed by atoms with Crippen molar-refractivity contribution in [3.05, 3.63) is 106 Å². The summed E-state index contributed by atoms with van der Waals surface area (Å²) in [4.78, 5) is 44.7. The fourth-order valence-corrected chi connectivity index (χ4v) is 5.88. The summed E-state index contributed by atoms with van der Waals surface area (Å²) in [7, 11) is 1.56. The standard InChI is InChI=1S/C32H27NO5/c1-32(2)16-24-27(25(34)17-32)26(28-29(33-24)22-6-4-5-7-23(22)30(28)35)18-8-14-21(15-9-18)38-31(36)19-10-12-20(37-3)13-11-19/h4-15,26,28H,16-17H2,1-3H3/t26-,28-/m1/s1. The number of fused-ring (bicyclic) bond motifs is 3. The van der Waals surface area contributed by atoms with Crippen molar-refractivity contribution in [1.82, 2.24) is 0 Å². The number of ketones is 2. The third-order valence-corrected chi connectivity index (χ3v) is 7.62. The van der Waals surface area contributed by atoms with Crippen LogP contribution in [0.2, 0.25) is 0 Å². The minimum absolute atomic E-state index is 0.0106. The van der Waals surface area contributed by atoms with Crippen LogP contribution < -0.4 is 9.47 Å². The summed E-state index contributed by atoms with van der Waals surface area (Å²) in [6.07, 6.45) is 1.09. The molecule has 0 spiro atoms. The Bertz CT molecular complexity index is 1540. The van der Waals surface area contributed by atoms with Gasteiger partial charge in [-0.2, -0.15) is 0 Å². The normalized spacial score (nSPS) is 21.3. The summed E-state index contributed by atoms with van der Waals surface area (Å²) in [5.74, 6) is -0.406. The Morgan fingerprint density at radius 2 is 1.50 bits per heavy atom. The van der Waals surface area contributed by atoms with Gasteiger partial charge in [-0.25, -0.2) is 4.79 Å². The predicted molar refractivity (Wildman–Crippen MR) is 143 cm³/mol. The molecule has 0 unspecified atom stereocenters. The van der Waals surface area contributed by atoms with Gasteiger partial charge in [0.15, 0.2) is 11.6 Å². The molecule has 2 atom stereocenters. The van der Waals surface area contributed by atoms with Crippen LogP contribution in [0.1, 0.15) is 64.4 Å². The third kappa shape index (κ3) is 3.97. The minimum atomic E-state index is -0.552. The first kappa shape index (κ1) is 24.0. The molecule has 3 aromatic rings. The first-order valence-corrected chi connectivity index (χ1v) is 12.7. The van der Waals surface area contributed by atoms with Crippen molar-refractivity contribution >= 4 is 23.2 Å². The number of allylic oxidation sites excluding steroid dienone is 2. The number of ether oxygens (including phenoxy) is 2. The molecule has 0 saturated carbocycles. The van der Waals surface area contributed by atoms with E-state index in [4.69, 9.17) is 14.5 Å². The summed E-state index contributed by atoms with van der Waals surface area (Å²) in [5, 5.41) is 0. The lowest BCUT2D eigenvalue weighted by Gasteiger charge is -2.38. The molecule has 0 fully saturated rings. The van der Waals surface area contributed by atoms with Crippen LogP contribution in [0.25, 0.3) is 0 Å². The zero-order valence-electron chi connectivity index (χ0n) is 21.5. The lowest BCUT2D eigenvalue weighted by Crippen LogP contribution is -2.37. The highest BCUT2D eigenvalue weighted by atomic mass is 16.5. The molecule has 0 saturated heterocycles. The molecule has 6 nitrogen and oxygen atoms in total. The number of methoxy groups -OCH3 is 1. The lowest BCUT2D eigenvalue weighted by atomic mass is 9.66. The number of hydrogen-bond donors (Lipinski definition) is 0. The lowest BCUT2D eigenvalue weighted by molar-refractivity contribution is -0.118. The second-order valence-corrected chi connectivity index (χ2v) is 10.9. The Hall–Kier alpha value is -4.32. The van der Waals surface area contributed by atoms with Gasteiger partial charge >= 0.3 is 5.97 Å². The first-order chi connectivity index (χ1) is 18.3. The van der Waals surface area contributed by atoms with Crippen LogP contribution in [-0.4, -0.2) is 30.4 Å². The number of benzene rings is 3. The molecule has 6 heteroatoms. The molecular formula is C32H27NO5. The first-order valence-electron chi connectivity index (χ1n) is 12.7. The molecule has 1 aliphatic heterocycles. The molecule has 0 N–H and O–H groups in total. The predicted octanol–water partition coefficient (Wildman–Crippen LogP) is 5.96. The third-order valence-electron chi connectivity index (χ3n) is 7.62. The van der Waals surface area contributed by atoms with Gasteiger partial charge in [0.2, 0.25) is 0 Å². The Kier molecular flexibility index (Phi) is 5.64. The van der Waals surface area contributed by atoms with Gasteiger partial charge in [-0.1, -0.05) is 50.2 Å². The van der Waals surface area contributed by atoms with Crippen molar-refractivity contribution in [1.29, 1.82) is 0 Å². The summed E-state index contributed by atoms with van der Waals surface area (Å²) in [6.45, 7) is 4.16. The van der Waals surface area contributed by atoms with Crippen LogP contribution in [0.4, 0.5) is 0 Å². The molecule has 3 aromatic carbocycles. The number of hydrogen-bond acceptors (Lipinski definition) is 6. The molecule has 0 aromatic heterocycles. The molecule has 0 radical (unpaired) electrons. The van der Waals surface area contributed by atoms with Gasteiger partial charge in [0, 0.05) is 34.7 Å². The van der Waals surface area contributed by atoms with E-state index in [2.05, 4.69) is 13.8 Å². The van der Waals surface area contributed by atoms with Crippen LogP contribution in [0.3, 0.4) is 0 Å². The van der Waals surface area contributed by atoms with Crippen molar-refractivity contribution in [2.75, 3.05) is 7.11 Å². The van der Waals surface area contributed by atoms with E-state index in [1.807, 2.05) is 36.4 Å². The number of carbonyl (C=O) groups is 3. The second kappa shape index (κ2) is 8.91. The average molecular weight is 506 g/mol. The Morgan fingerprint density at radius 1 is 0.842 bits per heavy atom. The van der Waals surface area contributed by atoms with E-state index < -0.39 is 17.8 Å². The molecule has 2 aliphatic carbocycles. The van der Waals surface area contributed by atoms with Gasteiger partial charge < -0.3 is 9.47 Å². The van der Waals surface area contributed by atoms with Crippen molar-refractivity contribution in [2.45, 2.75) is 32.6 Å². The molecule has 0 amide bonds. The number of nitrogens with zero attached hydrogens (tertiary/aromatic N) is 1. The molecular weight excluding hydrogens is 478 g/mol. The van der Waals surface area contributed by atoms with E-state index >= 15 is 0 Å². The van der Waals surface area contributed by atoms with Crippen LogP contribution in [0, 0.1) is 11.3 Å². The highest BCUT2D eigenvalue weighted by Gasteiger charge is 2.50. The van der Waals surface area contributed by atoms with Crippen LogP contribution in [0.5, 0.6) is 11.5 Å². The summed E-state index contributed by atoms with van der Waals surface area (Å²) in [5.41, 5.74) is 4.70. The van der Waals surface area contributed by atoms with E-state index in [9.17, 15) is 14.4 Å². The van der Waals surface area contributed by atoms with Crippen molar-refractivity contribution in [2.24, 2.45) is 16.3 Å². The van der Waals surface area contributed by atoms with E-state index in [1.165, 1.54) is 0 Å². The Morgan fingerprint density at radius 3 is 2.18 bits per heavy atom. The summed E-state index contributed by atoms with van der Waals surface area (Å²) in [6, 6.07) is 21.4. The van der Waals surface area contributed by atoms with Gasteiger partial charge in [0.05, 0.1) is 24.3 Å². The Balaban J connectivity index is 1.36. The maximum Gasteiger partial charge on any atom is 0.343 e. The zero-order chi connectivity index (χ0) is 26.6. The number of carbonyl (C=O) groups excluding carboxylic acids is 3. The zero-order valence-corrected chi connectivity index (χ0v) is 21.5. The van der Waals surface area contributed by atoms with E-state index in [-0.39, 0.29) is 17.0 Å². The fourth-order valence-electron chi connectivity index (χ4n) is 5.88. The number of Topliss-reactive ketones (excluding diaryl/α,β-unsaturated/α-hetero) is 2. The van der Waals surface area contributed by atoms with Crippen molar-refractivity contribution < 1.29 is 23.9 Å². The molecule has 3 aliphatic rings. The van der Waals surface area contributed by atoms with Crippen molar-refractivity contribution in [3.8, 4) is 11.5 Å². The molecule has 6 rings (SSSR count). The molecule has 190 valence electrons. The summed E-state index contributed by atoms with van der Waals surface area (Å²) < 4.78 is 10.7. The summed E-state index contributed by atoms with van der Waals surface area (Å²) >= 11 is 0. The number of rotatable bonds is 4. The van der Waals surface area contributed by atoms with E-state index in [0.717, 1.165) is 22.5 Å². The van der Waals surface area contributed by atoms with Gasteiger partial charge in [-0.05, 0) is 53.8 Å². The Labute approximate surface area is 221 Å². The monoisotopic (exact) mass is 505 g/mol. The SMILES string of the molecule is COc1ccc(C(=O)Oc2ccc([C@@H]3C4=C(CC(C)(C)CC4=O)N=C4c5ccccc5C(=O)[C@@H]43)cc2)cc1. The quantitative estimate of drug-likeness (QED) is 0.323. The minimum Gasteiger partial charge on any atom is -0.497 e. The molecule has 0 bridgehead atoms. The van der Waals surface area contributed by atoms with E-state index in [1.54, 1.807) is 43.5 Å². The largest absolute Gasteiger partial charge is 0.497 e. The number of aliphatic imine (C=N–C) groups is 1. The number of esters is 1. The smallest absolute Gasteiger partial charge is 0.343 e. The van der Waals surface area contributed by atoms with Crippen LogP contribution in [0.15, 0.2) is 89.1 Å². The van der Waals surface area contributed by atoms with Gasteiger partial charge in [0.25, 0.3) is 0 Å². The van der Waals surface area contributed by atoms with E-state index in [0.29, 0.717) is 41.0 Å². The highest BCUT2D eigenvalue weighted by molar-refractivity contribution is 6.30. The average Bonchev–Trinajstić information content (AvgIpc) is 3.19. The van der Waals surface area contributed by atoms with Crippen LogP contribution >= 0.6 is 0 Å². The highest BCUT2D eigenvalue weighted by Crippen LogP contribution is 2.51. The van der Waals surface area contributed by atoms with Gasteiger partial charge in [-0.3, -0.25) is 14.6 Å². The second-order valence-electron chi connectivity index (χ2n) is 10.9. The van der Waals surface area contributed by atoms with Gasteiger partial charge in [-0.15, -0.1) is 0 Å². The van der Waals surface area contributed by atoms with Crippen molar-refractivity contribution in [3.63, 3.8) is 0 Å². The topological polar surface area (TPSA) is 82.0 Å².